The molecule has 0 N–H and O–H groups in total. The van der Waals surface area contributed by atoms with Crippen molar-refractivity contribution >= 4 is 66.4 Å². The predicted octanol–water partition coefficient (Wildman–Crippen LogP) is 16.3. The molecule has 0 radical (unpaired) electrons. The Morgan fingerprint density at radius 3 is 1.49 bits per heavy atom. The second-order valence-electron chi connectivity index (χ2n) is 16.8. The van der Waals surface area contributed by atoms with Gasteiger partial charge < -0.3 is 14.5 Å². The van der Waals surface area contributed by atoms with E-state index in [0.717, 1.165) is 45.2 Å². The van der Waals surface area contributed by atoms with E-state index in [2.05, 4.69) is 211 Å². The van der Waals surface area contributed by atoms with Crippen molar-refractivity contribution in [3.63, 3.8) is 0 Å². The SMILES string of the molecule is Cc1cc(C)c(N(c2ccccc2)c2ccc3c(c2)Oc2cc(C)cc4c2c-3cc2c3cc(C)ccc3c(N(c3ccccc3)c3c(C)cc(C)cc3C)cc42)c(C)c1. The summed E-state index contributed by atoms with van der Waals surface area (Å²) in [5.74, 6) is 1.76. The molecule has 3 nitrogen and oxygen atoms in total. The molecule has 59 heavy (non-hydrogen) atoms. The van der Waals surface area contributed by atoms with Crippen molar-refractivity contribution in [2.24, 2.45) is 0 Å². The number of benzene rings is 9. The van der Waals surface area contributed by atoms with Gasteiger partial charge in [-0.05, 0) is 165 Å². The number of hydrogen-bond donors (Lipinski definition) is 0. The number of nitrogens with zero attached hydrogens (tertiary/aromatic N) is 2. The van der Waals surface area contributed by atoms with Crippen LogP contribution in [0.1, 0.15) is 44.5 Å². The molecule has 1 aliphatic heterocycles. The van der Waals surface area contributed by atoms with Crippen LogP contribution in [0, 0.1) is 55.4 Å². The Hall–Kier alpha value is -6.84. The van der Waals surface area contributed by atoms with Gasteiger partial charge in [0.15, 0.2) is 0 Å². The quantitative estimate of drug-likeness (QED) is 0.157. The summed E-state index contributed by atoms with van der Waals surface area (Å²) in [4.78, 5) is 4.86. The van der Waals surface area contributed by atoms with Crippen LogP contribution in [0.5, 0.6) is 11.5 Å². The fourth-order valence-corrected chi connectivity index (χ4v) is 9.93. The molecular formula is C56H48N2O. The van der Waals surface area contributed by atoms with Crippen LogP contribution in [0.3, 0.4) is 0 Å². The van der Waals surface area contributed by atoms with Gasteiger partial charge in [-0.15, -0.1) is 0 Å². The molecule has 0 saturated carbocycles. The molecule has 10 rings (SSSR count). The summed E-state index contributed by atoms with van der Waals surface area (Å²) >= 11 is 0. The van der Waals surface area contributed by atoms with Gasteiger partial charge in [-0.25, -0.2) is 0 Å². The number of para-hydroxylation sites is 2. The number of anilines is 6. The van der Waals surface area contributed by atoms with Gasteiger partial charge in [0.05, 0.1) is 17.1 Å². The van der Waals surface area contributed by atoms with Crippen LogP contribution in [0.4, 0.5) is 34.1 Å². The first kappa shape index (κ1) is 36.5. The van der Waals surface area contributed by atoms with Crippen molar-refractivity contribution in [3.8, 4) is 22.6 Å². The van der Waals surface area contributed by atoms with E-state index >= 15 is 0 Å². The largest absolute Gasteiger partial charge is 0.456 e. The highest BCUT2D eigenvalue weighted by atomic mass is 16.5. The molecule has 0 fully saturated rings. The van der Waals surface area contributed by atoms with Crippen molar-refractivity contribution in [2.45, 2.75) is 55.4 Å². The molecule has 288 valence electrons. The summed E-state index contributed by atoms with van der Waals surface area (Å²) in [6, 6.07) is 53.8. The minimum absolute atomic E-state index is 0.863. The number of fused-ring (bicyclic) bond motifs is 6. The zero-order valence-corrected chi connectivity index (χ0v) is 35.2. The molecule has 0 aromatic heterocycles. The van der Waals surface area contributed by atoms with E-state index in [1.807, 2.05) is 0 Å². The van der Waals surface area contributed by atoms with Crippen molar-refractivity contribution in [3.05, 3.63) is 190 Å². The molecule has 1 heterocycles. The van der Waals surface area contributed by atoms with Gasteiger partial charge in [-0.3, -0.25) is 0 Å². The average molecular weight is 765 g/mol. The highest BCUT2D eigenvalue weighted by Crippen LogP contribution is 2.53. The van der Waals surface area contributed by atoms with Gasteiger partial charge in [-0.2, -0.15) is 0 Å². The van der Waals surface area contributed by atoms with Crippen molar-refractivity contribution in [1.29, 1.82) is 0 Å². The Labute approximate surface area is 347 Å². The molecule has 9 aromatic carbocycles. The zero-order chi connectivity index (χ0) is 40.7. The summed E-state index contributed by atoms with van der Waals surface area (Å²) in [6.07, 6.45) is 0. The van der Waals surface area contributed by atoms with Crippen LogP contribution in [0.2, 0.25) is 0 Å². The Morgan fingerprint density at radius 2 is 0.864 bits per heavy atom. The summed E-state index contributed by atoms with van der Waals surface area (Å²) < 4.78 is 7.05. The lowest BCUT2D eigenvalue weighted by Gasteiger charge is -2.32. The fraction of sp³-hybridized carbons (Fsp3) is 0.143. The Balaban J connectivity index is 1.24. The highest BCUT2D eigenvalue weighted by molar-refractivity contribution is 6.26. The van der Waals surface area contributed by atoms with E-state index < -0.39 is 0 Å². The van der Waals surface area contributed by atoms with Crippen LogP contribution >= 0.6 is 0 Å². The molecule has 0 spiro atoms. The van der Waals surface area contributed by atoms with Gasteiger partial charge in [0.1, 0.15) is 11.5 Å². The maximum Gasteiger partial charge on any atom is 0.137 e. The standard InChI is InChI=1S/C56H48N2O/c1-33-19-21-44-46(27-33)47-31-50-45-22-20-43(57(41-15-11-9-12-16-41)55-37(5)23-34(2)24-38(55)6)30-52(45)59-53-29-36(4)28-49(54(50)53)48(47)32-51(44)58(42-17-13-10-14-18-42)56-39(7)25-35(3)26-40(56)8/h9-32H,1-8H3. The highest BCUT2D eigenvalue weighted by Gasteiger charge is 2.27. The Morgan fingerprint density at radius 1 is 0.339 bits per heavy atom. The predicted molar refractivity (Wildman–Crippen MR) is 252 cm³/mol. The maximum atomic E-state index is 7.05. The minimum Gasteiger partial charge on any atom is -0.456 e. The van der Waals surface area contributed by atoms with Crippen LogP contribution in [-0.2, 0) is 0 Å². The molecular weight excluding hydrogens is 717 g/mol. The second kappa shape index (κ2) is 13.9. The number of ether oxygens (including phenoxy) is 1. The summed E-state index contributed by atoms with van der Waals surface area (Å²) in [7, 11) is 0. The van der Waals surface area contributed by atoms with Crippen molar-refractivity contribution in [1.82, 2.24) is 0 Å². The van der Waals surface area contributed by atoms with Gasteiger partial charge in [0.2, 0.25) is 0 Å². The van der Waals surface area contributed by atoms with Gasteiger partial charge in [0, 0.05) is 39.5 Å². The van der Waals surface area contributed by atoms with Crippen molar-refractivity contribution < 1.29 is 4.74 Å². The van der Waals surface area contributed by atoms with E-state index in [1.54, 1.807) is 0 Å². The number of rotatable bonds is 6. The normalized spacial score (nSPS) is 11.9. The number of hydrogen-bond acceptors (Lipinski definition) is 3. The van der Waals surface area contributed by atoms with E-state index in [0.29, 0.717) is 0 Å². The minimum atomic E-state index is 0.863. The second-order valence-corrected chi connectivity index (χ2v) is 16.8. The zero-order valence-electron chi connectivity index (χ0n) is 35.2. The first-order valence-corrected chi connectivity index (χ1v) is 20.7. The monoisotopic (exact) mass is 764 g/mol. The molecule has 0 atom stereocenters. The first-order valence-electron chi connectivity index (χ1n) is 20.7. The molecule has 0 unspecified atom stereocenters. The molecule has 3 heteroatoms. The van der Waals surface area contributed by atoms with Crippen LogP contribution in [0.25, 0.3) is 43.4 Å². The maximum absolute atomic E-state index is 7.05. The lowest BCUT2D eigenvalue weighted by molar-refractivity contribution is 0.487. The van der Waals surface area contributed by atoms with Gasteiger partial charge >= 0.3 is 0 Å². The lowest BCUT2D eigenvalue weighted by atomic mass is 9.87. The molecule has 0 aliphatic carbocycles. The molecule has 0 amide bonds. The summed E-state index contributed by atoms with van der Waals surface area (Å²) in [5, 5.41) is 7.28. The van der Waals surface area contributed by atoms with Crippen molar-refractivity contribution in [2.75, 3.05) is 9.80 Å². The molecule has 0 saturated heterocycles. The van der Waals surface area contributed by atoms with E-state index in [-0.39, 0.29) is 0 Å². The lowest BCUT2D eigenvalue weighted by Crippen LogP contribution is -2.14. The topological polar surface area (TPSA) is 15.7 Å². The Kier molecular flexibility index (Phi) is 8.61. The smallest absolute Gasteiger partial charge is 0.137 e. The fourth-order valence-electron chi connectivity index (χ4n) is 9.93. The molecule has 9 aromatic rings. The third kappa shape index (κ3) is 6.03. The summed E-state index contributed by atoms with van der Waals surface area (Å²) in [6.45, 7) is 17.7. The van der Waals surface area contributed by atoms with Crippen LogP contribution in [-0.4, -0.2) is 0 Å². The van der Waals surface area contributed by atoms with E-state index in [9.17, 15) is 0 Å². The third-order valence-corrected chi connectivity index (χ3v) is 12.1. The Bertz CT molecular complexity index is 3120. The third-order valence-electron chi connectivity index (χ3n) is 12.1. The molecule has 1 aliphatic rings. The van der Waals surface area contributed by atoms with E-state index in [4.69, 9.17) is 4.74 Å². The molecule has 0 bridgehead atoms. The average Bonchev–Trinajstić information content (AvgIpc) is 3.20. The van der Waals surface area contributed by atoms with Crippen LogP contribution in [0.15, 0.2) is 146 Å². The van der Waals surface area contributed by atoms with Gasteiger partial charge in [0.25, 0.3) is 0 Å². The summed E-state index contributed by atoms with van der Waals surface area (Å²) in [5.41, 5.74) is 19.1. The first-order chi connectivity index (χ1) is 28.5. The van der Waals surface area contributed by atoms with Crippen LogP contribution < -0.4 is 14.5 Å². The number of aryl methyl sites for hydroxylation is 8. The van der Waals surface area contributed by atoms with E-state index in [1.165, 1.54) is 88.4 Å². The van der Waals surface area contributed by atoms with Gasteiger partial charge in [-0.1, -0.05) is 102 Å².